The maximum absolute atomic E-state index is 14.1. The molecule has 6 rings (SSSR count). The van der Waals surface area contributed by atoms with Crippen LogP contribution >= 0.6 is 0 Å². The van der Waals surface area contributed by atoms with Gasteiger partial charge in [-0.15, -0.1) is 0 Å². The van der Waals surface area contributed by atoms with Gasteiger partial charge in [-0.25, -0.2) is 4.98 Å². The predicted molar refractivity (Wildman–Crippen MR) is 163 cm³/mol. The molecule has 1 saturated carbocycles. The van der Waals surface area contributed by atoms with Gasteiger partial charge < -0.3 is 19.4 Å². The lowest BCUT2D eigenvalue weighted by Crippen LogP contribution is -2.50. The van der Waals surface area contributed by atoms with Gasteiger partial charge in [-0.05, 0) is 56.2 Å². The Balaban J connectivity index is 1.27. The number of alkyl halides is 3. The summed E-state index contributed by atoms with van der Waals surface area (Å²) in [4.78, 5) is 41.3. The highest BCUT2D eigenvalue weighted by atomic mass is 19.4. The molecule has 0 atom stereocenters. The largest absolute Gasteiger partial charge is 0.492 e. The molecular weight excluding hydrogens is 583 g/mol. The van der Waals surface area contributed by atoms with Gasteiger partial charge >= 0.3 is 6.18 Å². The van der Waals surface area contributed by atoms with Crippen LogP contribution in [0.2, 0.25) is 0 Å². The molecule has 2 amide bonds. The summed E-state index contributed by atoms with van der Waals surface area (Å²) in [6.07, 6.45) is 2.76. The van der Waals surface area contributed by atoms with E-state index >= 15 is 0 Å². The number of piperidine rings is 1. The number of benzene rings is 2. The minimum atomic E-state index is -4.53. The third-order valence-electron chi connectivity index (χ3n) is 9.62. The lowest BCUT2D eigenvalue weighted by atomic mass is 9.75. The van der Waals surface area contributed by atoms with Crippen molar-refractivity contribution in [2.75, 3.05) is 44.2 Å². The second-order valence-electron chi connectivity index (χ2n) is 12.5. The summed E-state index contributed by atoms with van der Waals surface area (Å²) in [5, 5.41) is 0. The number of carbonyl (C=O) groups excluding carboxylic acids is 2. The molecule has 2 fully saturated rings. The number of hydrogen-bond donors (Lipinski definition) is 0. The van der Waals surface area contributed by atoms with Gasteiger partial charge in [0, 0.05) is 57.1 Å². The molecule has 1 saturated heterocycles. The Labute approximate surface area is 261 Å². The van der Waals surface area contributed by atoms with Crippen LogP contribution in [0.3, 0.4) is 0 Å². The number of amides is 2. The van der Waals surface area contributed by atoms with Crippen LogP contribution in [0.4, 0.5) is 19.0 Å². The number of rotatable bonds is 4. The Morgan fingerprint density at radius 3 is 2.29 bits per heavy atom. The van der Waals surface area contributed by atoms with Gasteiger partial charge in [0.05, 0.1) is 18.4 Å². The molecule has 238 valence electrons. The fourth-order valence-electron chi connectivity index (χ4n) is 6.61. The summed E-state index contributed by atoms with van der Waals surface area (Å²) in [6.45, 7) is 2.86. The van der Waals surface area contributed by atoms with E-state index in [1.165, 1.54) is 4.90 Å². The minimum absolute atomic E-state index is 0.135. The van der Waals surface area contributed by atoms with Crippen LogP contribution in [0, 0.1) is 10.8 Å². The number of fused-ring (bicyclic) bond motifs is 1. The SMILES string of the molecule is O=C1c2ccccc2OCC2(CCCN(c3cnccn3)CCN1Cc1ccccc1)CCN(C(=O)C1(C(F)(F)F)CC1)CC2. The second kappa shape index (κ2) is 12.7. The first-order valence-electron chi connectivity index (χ1n) is 15.6. The average molecular weight is 622 g/mol. The van der Waals surface area contributed by atoms with Crippen molar-refractivity contribution in [3.05, 3.63) is 84.3 Å². The highest BCUT2D eigenvalue weighted by Gasteiger charge is 2.69. The van der Waals surface area contributed by atoms with Gasteiger partial charge in [0.1, 0.15) is 17.0 Å². The molecule has 0 radical (unpaired) electrons. The van der Waals surface area contributed by atoms with Crippen LogP contribution in [0.25, 0.3) is 0 Å². The molecule has 8 nitrogen and oxygen atoms in total. The molecule has 1 aromatic heterocycles. The Hall–Kier alpha value is -4.15. The van der Waals surface area contributed by atoms with Crippen molar-refractivity contribution >= 4 is 17.6 Å². The average Bonchev–Trinajstić information content (AvgIpc) is 3.88. The number of halogens is 3. The van der Waals surface area contributed by atoms with Crippen molar-refractivity contribution in [3.8, 4) is 5.75 Å². The van der Waals surface area contributed by atoms with Crippen molar-refractivity contribution in [2.24, 2.45) is 10.8 Å². The maximum Gasteiger partial charge on any atom is 0.403 e. The first-order valence-corrected chi connectivity index (χ1v) is 15.6. The number of nitrogens with zero attached hydrogens (tertiary/aromatic N) is 5. The van der Waals surface area contributed by atoms with Crippen molar-refractivity contribution < 1.29 is 27.5 Å². The van der Waals surface area contributed by atoms with E-state index in [-0.39, 0.29) is 37.3 Å². The molecule has 3 heterocycles. The third kappa shape index (κ3) is 6.62. The van der Waals surface area contributed by atoms with Gasteiger partial charge in [0.2, 0.25) is 5.91 Å². The van der Waals surface area contributed by atoms with E-state index in [0.717, 1.165) is 18.4 Å². The third-order valence-corrected chi connectivity index (χ3v) is 9.62. The Morgan fingerprint density at radius 2 is 1.60 bits per heavy atom. The standard InChI is InChI=1S/C34H38F3N5O3/c35-34(36,37)33(12-13-33)31(44)41-19-14-32(15-20-41)11-6-18-40(29-23-38-16-17-39-29)21-22-42(24-26-7-2-1-3-8-26)30(43)27-9-4-5-10-28(27)45-25-32/h1-5,7-10,16-17,23H,6,11-15,18-22,24-25H2. The Kier molecular flexibility index (Phi) is 8.70. The Morgan fingerprint density at radius 1 is 0.867 bits per heavy atom. The van der Waals surface area contributed by atoms with Crippen LogP contribution in [0.15, 0.2) is 73.2 Å². The zero-order valence-corrected chi connectivity index (χ0v) is 25.2. The molecule has 3 aromatic rings. The fourth-order valence-corrected chi connectivity index (χ4v) is 6.61. The number of hydrogen-bond acceptors (Lipinski definition) is 6. The van der Waals surface area contributed by atoms with Crippen LogP contribution in [-0.4, -0.2) is 77.1 Å². The van der Waals surface area contributed by atoms with Gasteiger partial charge in [-0.3, -0.25) is 14.6 Å². The van der Waals surface area contributed by atoms with Crippen LogP contribution in [0.1, 0.15) is 54.4 Å². The second-order valence-corrected chi connectivity index (χ2v) is 12.5. The zero-order valence-electron chi connectivity index (χ0n) is 25.2. The van der Waals surface area contributed by atoms with Gasteiger partial charge in [0.25, 0.3) is 5.91 Å². The zero-order chi connectivity index (χ0) is 31.5. The monoisotopic (exact) mass is 621 g/mol. The normalized spacial score (nSPS) is 20.3. The molecular formula is C34H38F3N5O3. The van der Waals surface area contributed by atoms with E-state index in [2.05, 4.69) is 14.9 Å². The highest BCUT2D eigenvalue weighted by molar-refractivity contribution is 5.97. The maximum atomic E-state index is 14.1. The fraction of sp³-hybridized carbons (Fsp3) is 0.471. The lowest BCUT2D eigenvalue weighted by Gasteiger charge is -2.43. The molecule has 1 aliphatic carbocycles. The number of anilines is 1. The minimum Gasteiger partial charge on any atom is -0.492 e. The lowest BCUT2D eigenvalue weighted by molar-refractivity contribution is -0.199. The van der Waals surface area contributed by atoms with E-state index in [0.29, 0.717) is 62.8 Å². The van der Waals surface area contributed by atoms with Crippen molar-refractivity contribution in [2.45, 2.75) is 51.2 Å². The van der Waals surface area contributed by atoms with Crippen LogP contribution < -0.4 is 9.64 Å². The molecule has 3 aliphatic rings. The van der Waals surface area contributed by atoms with Gasteiger partial charge in [0.15, 0.2) is 0 Å². The Bertz CT molecular complexity index is 1480. The van der Waals surface area contributed by atoms with Crippen molar-refractivity contribution in [1.29, 1.82) is 0 Å². The van der Waals surface area contributed by atoms with Crippen LogP contribution in [-0.2, 0) is 11.3 Å². The molecule has 0 bridgehead atoms. The van der Waals surface area contributed by atoms with Gasteiger partial charge in [-0.1, -0.05) is 42.5 Å². The summed E-state index contributed by atoms with van der Waals surface area (Å²) in [5.74, 6) is 0.257. The summed E-state index contributed by atoms with van der Waals surface area (Å²) >= 11 is 0. The predicted octanol–water partition coefficient (Wildman–Crippen LogP) is 5.75. The highest BCUT2D eigenvalue weighted by Crippen LogP contribution is 2.59. The topological polar surface area (TPSA) is 78.9 Å². The summed E-state index contributed by atoms with van der Waals surface area (Å²) in [5.41, 5.74) is -1.10. The molecule has 11 heteroatoms. The number of likely N-dealkylation sites (tertiary alicyclic amines) is 1. The number of aromatic nitrogens is 2. The molecule has 2 aromatic carbocycles. The molecule has 0 N–H and O–H groups in total. The van der Waals surface area contributed by atoms with Gasteiger partial charge in [-0.2, -0.15) is 13.2 Å². The van der Waals surface area contributed by atoms with Crippen LogP contribution in [0.5, 0.6) is 5.75 Å². The number of para-hydroxylation sites is 1. The first-order chi connectivity index (χ1) is 21.7. The van der Waals surface area contributed by atoms with E-state index in [1.54, 1.807) is 30.7 Å². The quantitative estimate of drug-likeness (QED) is 0.369. The van der Waals surface area contributed by atoms with E-state index in [9.17, 15) is 22.8 Å². The summed E-state index contributed by atoms with van der Waals surface area (Å²) in [7, 11) is 0. The number of carbonyl (C=O) groups is 2. The van der Waals surface area contributed by atoms with E-state index in [4.69, 9.17) is 4.74 Å². The van der Waals surface area contributed by atoms with E-state index < -0.39 is 17.5 Å². The van der Waals surface area contributed by atoms with Crippen molar-refractivity contribution in [1.82, 2.24) is 19.8 Å². The first kappa shape index (κ1) is 30.9. The molecule has 0 unspecified atom stereocenters. The summed E-state index contributed by atoms with van der Waals surface area (Å²) < 4.78 is 47.6. The number of ether oxygens (including phenoxy) is 1. The van der Waals surface area contributed by atoms with Crippen molar-refractivity contribution in [3.63, 3.8) is 0 Å². The molecule has 1 spiro atoms. The molecule has 45 heavy (non-hydrogen) atoms. The smallest absolute Gasteiger partial charge is 0.403 e. The molecule has 2 aliphatic heterocycles. The summed E-state index contributed by atoms with van der Waals surface area (Å²) in [6, 6.07) is 17.1. The van der Waals surface area contributed by atoms with E-state index in [1.807, 2.05) is 47.4 Å².